The molecule has 7 nitrogen and oxygen atoms in total. The summed E-state index contributed by atoms with van der Waals surface area (Å²) in [6.45, 7) is 3.63. The molecule has 1 heterocycles. The molecule has 0 unspecified atom stereocenters. The Hall–Kier alpha value is -3.07. The van der Waals surface area contributed by atoms with E-state index < -0.39 is 32.8 Å². The number of hydrogen-bond donors (Lipinski definition) is 1. The lowest BCUT2D eigenvalue weighted by molar-refractivity contribution is 0.0915. The number of amides is 1. The molecule has 0 aliphatic carbocycles. The van der Waals surface area contributed by atoms with Gasteiger partial charge in [-0.2, -0.15) is 0 Å². The predicted octanol–water partition coefficient (Wildman–Crippen LogP) is 3.31. The van der Waals surface area contributed by atoms with Gasteiger partial charge in [0, 0.05) is 5.56 Å². The van der Waals surface area contributed by atoms with E-state index in [-0.39, 0.29) is 23.1 Å². The third-order valence-corrected chi connectivity index (χ3v) is 5.62. The van der Waals surface area contributed by atoms with E-state index in [4.69, 9.17) is 4.42 Å². The normalized spacial score (nSPS) is 12.7. The second-order valence-electron chi connectivity index (χ2n) is 6.85. The molecule has 0 saturated heterocycles. The van der Waals surface area contributed by atoms with Crippen molar-refractivity contribution in [2.24, 2.45) is 5.92 Å². The Bertz CT molecular complexity index is 1080. The van der Waals surface area contributed by atoms with Gasteiger partial charge in [-0.25, -0.2) is 12.8 Å². The molecule has 0 aliphatic rings. The van der Waals surface area contributed by atoms with Crippen molar-refractivity contribution in [3.05, 3.63) is 77.4 Å². The van der Waals surface area contributed by atoms with Crippen LogP contribution < -0.4 is 5.32 Å². The van der Waals surface area contributed by atoms with E-state index in [9.17, 15) is 17.6 Å². The number of carbonyl (C=O) groups is 1. The summed E-state index contributed by atoms with van der Waals surface area (Å²) in [5.74, 6) is -1.36. The van der Waals surface area contributed by atoms with Crippen LogP contribution in [0.25, 0.3) is 0 Å². The summed E-state index contributed by atoms with van der Waals surface area (Å²) in [5, 5.41) is 9.74. The molecule has 1 aromatic heterocycles. The number of nitrogens with zero attached hydrogens (tertiary/aromatic N) is 2. The minimum Gasteiger partial charge on any atom is -0.410 e. The van der Waals surface area contributed by atoms with Gasteiger partial charge in [0.2, 0.25) is 15.7 Å². The van der Waals surface area contributed by atoms with Crippen molar-refractivity contribution in [1.82, 2.24) is 15.5 Å². The van der Waals surface area contributed by atoms with Crippen molar-refractivity contribution in [2.75, 3.05) is 0 Å². The maximum Gasteiger partial charge on any atom is 0.335 e. The lowest BCUT2D eigenvalue weighted by atomic mass is 10.0. The lowest BCUT2D eigenvalue weighted by Gasteiger charge is -2.18. The molecule has 3 aromatic rings. The van der Waals surface area contributed by atoms with Gasteiger partial charge >= 0.3 is 5.22 Å². The number of hydrogen-bond acceptors (Lipinski definition) is 6. The van der Waals surface area contributed by atoms with Crippen molar-refractivity contribution in [3.8, 4) is 0 Å². The second kappa shape index (κ2) is 8.52. The van der Waals surface area contributed by atoms with Gasteiger partial charge in [-0.15, -0.1) is 5.10 Å². The van der Waals surface area contributed by atoms with E-state index in [2.05, 4.69) is 15.5 Å². The molecule has 29 heavy (non-hydrogen) atoms. The summed E-state index contributed by atoms with van der Waals surface area (Å²) in [7, 11) is -3.83. The van der Waals surface area contributed by atoms with Gasteiger partial charge in [-0.1, -0.05) is 49.3 Å². The van der Waals surface area contributed by atoms with E-state index >= 15 is 0 Å². The monoisotopic (exact) mass is 417 g/mol. The SMILES string of the molecule is CC(C)[C@H](NC(=O)c1ccc(F)cc1)c1nnc(S(=O)(=O)Cc2ccccc2)o1. The van der Waals surface area contributed by atoms with Gasteiger partial charge in [0.15, 0.2) is 0 Å². The molecule has 0 fully saturated rings. The molecule has 0 radical (unpaired) electrons. The predicted molar refractivity (Wildman–Crippen MR) is 103 cm³/mol. The van der Waals surface area contributed by atoms with Crippen LogP contribution in [0.5, 0.6) is 0 Å². The van der Waals surface area contributed by atoms with Crippen LogP contribution in [0.3, 0.4) is 0 Å². The Kier molecular flexibility index (Phi) is 6.07. The molecule has 0 bridgehead atoms. The lowest BCUT2D eigenvalue weighted by Crippen LogP contribution is -2.32. The summed E-state index contributed by atoms with van der Waals surface area (Å²) in [5.41, 5.74) is 0.853. The fourth-order valence-corrected chi connectivity index (χ4v) is 3.80. The third-order valence-electron chi connectivity index (χ3n) is 4.21. The highest BCUT2D eigenvalue weighted by molar-refractivity contribution is 7.90. The zero-order valence-corrected chi connectivity index (χ0v) is 16.7. The van der Waals surface area contributed by atoms with E-state index in [1.165, 1.54) is 24.3 Å². The molecule has 0 spiro atoms. The Labute approximate surface area is 167 Å². The first-order valence-electron chi connectivity index (χ1n) is 8.93. The van der Waals surface area contributed by atoms with Crippen LogP contribution in [0.2, 0.25) is 0 Å². The first-order valence-corrected chi connectivity index (χ1v) is 10.6. The largest absolute Gasteiger partial charge is 0.410 e. The second-order valence-corrected chi connectivity index (χ2v) is 8.72. The fourth-order valence-electron chi connectivity index (χ4n) is 2.67. The highest BCUT2D eigenvalue weighted by atomic mass is 32.2. The Morgan fingerprint density at radius 1 is 1.07 bits per heavy atom. The van der Waals surface area contributed by atoms with Crippen LogP contribution in [0.15, 0.2) is 64.2 Å². The number of nitrogens with one attached hydrogen (secondary N) is 1. The van der Waals surface area contributed by atoms with E-state index in [0.29, 0.717) is 5.56 Å². The first kappa shape index (κ1) is 20.7. The summed E-state index contributed by atoms with van der Waals surface area (Å²) < 4.78 is 43.6. The van der Waals surface area contributed by atoms with Crippen LogP contribution in [0, 0.1) is 11.7 Å². The molecular weight excluding hydrogens is 397 g/mol. The molecule has 9 heteroatoms. The maximum atomic E-state index is 13.1. The molecule has 0 aliphatic heterocycles. The number of sulfone groups is 1. The Balaban J connectivity index is 1.80. The van der Waals surface area contributed by atoms with E-state index in [1.54, 1.807) is 30.3 Å². The quantitative estimate of drug-likeness (QED) is 0.633. The molecule has 0 saturated carbocycles. The summed E-state index contributed by atoms with van der Waals surface area (Å²) in [6.07, 6.45) is 0. The third kappa shape index (κ3) is 5.05. The molecule has 1 atom stereocenters. The number of rotatable bonds is 7. The van der Waals surface area contributed by atoms with Crippen LogP contribution in [0.1, 0.15) is 41.7 Å². The average molecular weight is 417 g/mol. The number of benzene rings is 2. The molecule has 3 rings (SSSR count). The minimum atomic E-state index is -3.83. The van der Waals surface area contributed by atoms with Gasteiger partial charge in [0.05, 0.1) is 5.75 Å². The number of halogens is 1. The van der Waals surface area contributed by atoms with Gasteiger partial charge in [0.1, 0.15) is 11.9 Å². The Morgan fingerprint density at radius 3 is 2.34 bits per heavy atom. The standard InChI is InChI=1S/C20H20FN3O4S/c1-13(2)17(22-18(25)15-8-10-16(21)11-9-15)19-23-24-20(28-19)29(26,27)12-14-6-4-3-5-7-14/h3-11,13,17H,12H2,1-2H3,(H,22,25)/t17-/m0/s1. The van der Waals surface area contributed by atoms with Gasteiger partial charge in [-0.05, 0) is 35.7 Å². The van der Waals surface area contributed by atoms with Crippen LogP contribution in [-0.4, -0.2) is 24.5 Å². The first-order chi connectivity index (χ1) is 13.8. The van der Waals surface area contributed by atoms with Crippen LogP contribution >= 0.6 is 0 Å². The number of carbonyl (C=O) groups excluding carboxylic acids is 1. The van der Waals surface area contributed by atoms with Crippen molar-refractivity contribution >= 4 is 15.7 Å². The maximum absolute atomic E-state index is 13.1. The molecular formula is C20H20FN3O4S. The average Bonchev–Trinajstić information content (AvgIpc) is 3.17. The van der Waals surface area contributed by atoms with Crippen molar-refractivity contribution in [2.45, 2.75) is 30.9 Å². The van der Waals surface area contributed by atoms with E-state index in [0.717, 1.165) is 0 Å². The van der Waals surface area contributed by atoms with Crippen molar-refractivity contribution in [1.29, 1.82) is 0 Å². The zero-order chi connectivity index (χ0) is 21.0. The van der Waals surface area contributed by atoms with Crippen molar-refractivity contribution in [3.63, 3.8) is 0 Å². The van der Waals surface area contributed by atoms with Gasteiger partial charge in [0.25, 0.3) is 5.91 Å². The van der Waals surface area contributed by atoms with E-state index in [1.807, 2.05) is 13.8 Å². The number of aromatic nitrogens is 2. The topological polar surface area (TPSA) is 102 Å². The smallest absolute Gasteiger partial charge is 0.335 e. The van der Waals surface area contributed by atoms with Crippen molar-refractivity contribution < 1.29 is 22.0 Å². The summed E-state index contributed by atoms with van der Waals surface area (Å²) in [4.78, 5) is 12.4. The fraction of sp³-hybridized carbons (Fsp3) is 0.250. The highest BCUT2D eigenvalue weighted by Crippen LogP contribution is 2.24. The molecule has 2 aromatic carbocycles. The summed E-state index contributed by atoms with van der Waals surface area (Å²) in [6, 6.07) is 13.0. The zero-order valence-electron chi connectivity index (χ0n) is 15.9. The van der Waals surface area contributed by atoms with Crippen LogP contribution in [0.4, 0.5) is 4.39 Å². The van der Waals surface area contributed by atoms with Gasteiger partial charge in [-0.3, -0.25) is 4.79 Å². The minimum absolute atomic E-state index is 0.0119. The highest BCUT2D eigenvalue weighted by Gasteiger charge is 2.29. The molecule has 1 amide bonds. The Morgan fingerprint density at radius 2 is 1.72 bits per heavy atom. The van der Waals surface area contributed by atoms with Crippen LogP contribution in [-0.2, 0) is 15.6 Å². The molecule has 152 valence electrons. The summed E-state index contributed by atoms with van der Waals surface area (Å²) >= 11 is 0. The molecule has 1 N–H and O–H groups in total. The van der Waals surface area contributed by atoms with Gasteiger partial charge < -0.3 is 9.73 Å².